The minimum atomic E-state index is -0.932. The molecular weight excluding hydrogens is 320 g/mol. The minimum absolute atomic E-state index is 0.0422. The lowest BCUT2D eigenvalue weighted by atomic mass is 9.92. The number of nitrogens with zero attached hydrogens (tertiary/aromatic N) is 2. The zero-order valence-corrected chi connectivity index (χ0v) is 15.6. The van der Waals surface area contributed by atoms with E-state index in [0.29, 0.717) is 5.56 Å². The summed E-state index contributed by atoms with van der Waals surface area (Å²) < 4.78 is 0. The standard InChI is InChI=1S/C19H24N2O4/c1-10(2)8-20-17(23)18(24)21(19(20)25)9-15(22)16-12(4)7-11(3)13(5)14(16)6/h7,10H,8-9H2,1-6H3. The fraction of sp³-hybridized carbons (Fsp3) is 0.474. The van der Waals surface area contributed by atoms with Crippen molar-refractivity contribution in [2.24, 2.45) is 5.92 Å². The van der Waals surface area contributed by atoms with Gasteiger partial charge in [-0.2, -0.15) is 0 Å². The summed E-state index contributed by atoms with van der Waals surface area (Å²) in [5.41, 5.74) is 4.24. The molecule has 1 aromatic carbocycles. The zero-order valence-electron chi connectivity index (χ0n) is 15.6. The van der Waals surface area contributed by atoms with Crippen molar-refractivity contribution in [2.75, 3.05) is 13.1 Å². The lowest BCUT2D eigenvalue weighted by Gasteiger charge is -2.18. The van der Waals surface area contributed by atoms with E-state index in [1.807, 2.05) is 47.6 Å². The number of carbonyl (C=O) groups excluding carboxylic acids is 4. The minimum Gasteiger partial charge on any atom is -0.292 e. The molecule has 0 unspecified atom stereocenters. The van der Waals surface area contributed by atoms with Crippen LogP contribution in [0.4, 0.5) is 4.79 Å². The lowest BCUT2D eigenvalue weighted by molar-refractivity contribution is -0.143. The first-order valence-corrected chi connectivity index (χ1v) is 8.34. The maximum Gasteiger partial charge on any atom is 0.334 e. The summed E-state index contributed by atoms with van der Waals surface area (Å²) in [5.74, 6) is -2.09. The van der Waals surface area contributed by atoms with Crippen molar-refractivity contribution >= 4 is 23.6 Å². The molecule has 2 rings (SSSR count). The number of imide groups is 2. The van der Waals surface area contributed by atoms with Crippen molar-refractivity contribution < 1.29 is 19.2 Å². The van der Waals surface area contributed by atoms with E-state index in [1.165, 1.54) is 0 Å². The predicted octanol–water partition coefficient (Wildman–Crippen LogP) is 2.55. The van der Waals surface area contributed by atoms with Crippen LogP contribution in [0.1, 0.15) is 46.5 Å². The number of hydrogen-bond acceptors (Lipinski definition) is 4. The van der Waals surface area contributed by atoms with Crippen LogP contribution in [0.3, 0.4) is 0 Å². The first-order chi connectivity index (χ1) is 11.6. The SMILES string of the molecule is Cc1cc(C)c(C(=O)CN2C(=O)C(=O)N(CC(C)C)C2=O)c(C)c1C. The molecule has 0 bridgehead atoms. The Kier molecular flexibility index (Phi) is 5.11. The van der Waals surface area contributed by atoms with Crippen molar-refractivity contribution in [2.45, 2.75) is 41.5 Å². The van der Waals surface area contributed by atoms with Crippen LogP contribution in [-0.2, 0) is 9.59 Å². The Balaban J connectivity index is 2.30. The average molecular weight is 344 g/mol. The molecule has 1 saturated heterocycles. The molecule has 1 aromatic rings. The molecule has 1 aliphatic heterocycles. The third-order valence-electron chi connectivity index (χ3n) is 4.62. The highest BCUT2D eigenvalue weighted by Crippen LogP contribution is 2.23. The summed E-state index contributed by atoms with van der Waals surface area (Å²) in [5, 5.41) is 0. The topological polar surface area (TPSA) is 74.8 Å². The van der Waals surface area contributed by atoms with Crippen molar-refractivity contribution in [1.29, 1.82) is 0 Å². The third kappa shape index (κ3) is 3.34. The highest BCUT2D eigenvalue weighted by Gasteiger charge is 2.45. The van der Waals surface area contributed by atoms with E-state index in [4.69, 9.17) is 0 Å². The van der Waals surface area contributed by atoms with Crippen LogP contribution < -0.4 is 0 Å². The molecule has 134 valence electrons. The van der Waals surface area contributed by atoms with Gasteiger partial charge in [-0.25, -0.2) is 9.69 Å². The van der Waals surface area contributed by atoms with Gasteiger partial charge in [-0.3, -0.25) is 19.3 Å². The molecule has 0 aliphatic carbocycles. The van der Waals surface area contributed by atoms with Crippen LogP contribution in [0.2, 0.25) is 0 Å². The number of ketones is 1. The summed E-state index contributed by atoms with van der Waals surface area (Å²) in [6.07, 6.45) is 0. The Labute approximate surface area is 147 Å². The highest BCUT2D eigenvalue weighted by atomic mass is 16.2. The Morgan fingerprint density at radius 2 is 1.48 bits per heavy atom. The third-order valence-corrected chi connectivity index (χ3v) is 4.62. The second-order valence-corrected chi connectivity index (χ2v) is 7.04. The van der Waals surface area contributed by atoms with Gasteiger partial charge in [-0.05, 0) is 55.9 Å². The monoisotopic (exact) mass is 344 g/mol. The van der Waals surface area contributed by atoms with Crippen LogP contribution in [0.15, 0.2) is 6.07 Å². The Morgan fingerprint density at radius 1 is 0.920 bits per heavy atom. The Morgan fingerprint density at radius 3 is 2.04 bits per heavy atom. The number of amides is 4. The number of carbonyl (C=O) groups is 4. The fourth-order valence-corrected chi connectivity index (χ4v) is 3.15. The molecule has 0 aromatic heterocycles. The van der Waals surface area contributed by atoms with E-state index in [2.05, 4.69) is 0 Å². The van der Waals surface area contributed by atoms with Gasteiger partial charge >= 0.3 is 17.8 Å². The van der Waals surface area contributed by atoms with E-state index >= 15 is 0 Å². The molecule has 1 fully saturated rings. The van der Waals surface area contributed by atoms with Crippen LogP contribution in [0, 0.1) is 33.6 Å². The second kappa shape index (κ2) is 6.78. The number of hydrogen-bond donors (Lipinski definition) is 0. The van der Waals surface area contributed by atoms with Gasteiger partial charge in [0.15, 0.2) is 5.78 Å². The molecule has 0 saturated carbocycles. The summed E-state index contributed by atoms with van der Waals surface area (Å²) in [6, 6.07) is 1.20. The fourth-order valence-electron chi connectivity index (χ4n) is 3.15. The molecule has 1 heterocycles. The lowest BCUT2D eigenvalue weighted by Crippen LogP contribution is -2.38. The molecule has 6 heteroatoms. The van der Waals surface area contributed by atoms with Gasteiger partial charge in [0.05, 0.1) is 6.54 Å². The zero-order chi connectivity index (χ0) is 19.0. The molecule has 4 amide bonds. The highest BCUT2D eigenvalue weighted by molar-refractivity contribution is 6.45. The van der Waals surface area contributed by atoms with E-state index in [0.717, 1.165) is 32.1 Å². The summed E-state index contributed by atoms with van der Waals surface area (Å²) in [6.45, 7) is 11.0. The van der Waals surface area contributed by atoms with Crippen molar-refractivity contribution in [1.82, 2.24) is 9.80 Å². The summed E-state index contributed by atoms with van der Waals surface area (Å²) in [4.78, 5) is 50.9. The van der Waals surface area contributed by atoms with Crippen LogP contribution in [0.5, 0.6) is 0 Å². The second-order valence-electron chi connectivity index (χ2n) is 7.04. The van der Waals surface area contributed by atoms with Gasteiger partial charge in [0, 0.05) is 12.1 Å². The predicted molar refractivity (Wildman–Crippen MR) is 93.4 cm³/mol. The van der Waals surface area contributed by atoms with Crippen LogP contribution in [0.25, 0.3) is 0 Å². The molecule has 0 spiro atoms. The van der Waals surface area contributed by atoms with E-state index in [-0.39, 0.29) is 18.2 Å². The molecule has 0 radical (unpaired) electrons. The first-order valence-electron chi connectivity index (χ1n) is 8.34. The number of urea groups is 1. The molecule has 0 atom stereocenters. The summed E-state index contributed by atoms with van der Waals surface area (Å²) >= 11 is 0. The molecule has 1 aliphatic rings. The normalized spacial score (nSPS) is 14.9. The maximum absolute atomic E-state index is 12.8. The van der Waals surface area contributed by atoms with Crippen LogP contribution in [-0.4, -0.2) is 46.5 Å². The molecule has 6 nitrogen and oxygen atoms in total. The molecule has 25 heavy (non-hydrogen) atoms. The van der Waals surface area contributed by atoms with Crippen molar-refractivity contribution in [3.05, 3.63) is 33.9 Å². The number of aryl methyl sites for hydroxylation is 2. The average Bonchev–Trinajstić information content (AvgIpc) is 2.70. The van der Waals surface area contributed by atoms with Gasteiger partial charge in [0.25, 0.3) is 0 Å². The largest absolute Gasteiger partial charge is 0.334 e. The van der Waals surface area contributed by atoms with Crippen molar-refractivity contribution in [3.8, 4) is 0 Å². The van der Waals surface area contributed by atoms with E-state index in [1.54, 1.807) is 0 Å². The van der Waals surface area contributed by atoms with E-state index < -0.39 is 24.4 Å². The number of Topliss-reactive ketones (excluding diaryl/α,β-unsaturated/α-hetero) is 1. The number of benzene rings is 1. The maximum atomic E-state index is 12.8. The van der Waals surface area contributed by atoms with E-state index in [9.17, 15) is 19.2 Å². The van der Waals surface area contributed by atoms with Gasteiger partial charge < -0.3 is 0 Å². The van der Waals surface area contributed by atoms with Gasteiger partial charge in [0.1, 0.15) is 0 Å². The Hall–Kier alpha value is -2.50. The first kappa shape index (κ1) is 18.8. The molecular formula is C19H24N2O4. The van der Waals surface area contributed by atoms with Crippen molar-refractivity contribution in [3.63, 3.8) is 0 Å². The van der Waals surface area contributed by atoms with Gasteiger partial charge in [0.2, 0.25) is 0 Å². The quantitative estimate of drug-likeness (QED) is 0.467. The number of rotatable bonds is 5. The smallest absolute Gasteiger partial charge is 0.292 e. The van der Waals surface area contributed by atoms with Gasteiger partial charge in [-0.15, -0.1) is 0 Å². The van der Waals surface area contributed by atoms with Gasteiger partial charge in [-0.1, -0.05) is 19.9 Å². The summed E-state index contributed by atoms with van der Waals surface area (Å²) in [7, 11) is 0. The molecule has 0 N–H and O–H groups in total. The Bertz CT molecular complexity index is 780. The van der Waals surface area contributed by atoms with Crippen LogP contribution >= 0.6 is 0 Å².